The average Bonchev–Trinajstić information content (AvgIpc) is 3.74. The van der Waals surface area contributed by atoms with Crippen molar-refractivity contribution >= 4 is 46.7 Å². The fourth-order valence-corrected chi connectivity index (χ4v) is 7.93. The van der Waals surface area contributed by atoms with Crippen LogP contribution in [0.1, 0.15) is 54.1 Å². The van der Waals surface area contributed by atoms with Crippen LogP contribution < -0.4 is 10.1 Å². The Kier molecular flexibility index (Phi) is 10.6. The quantitative estimate of drug-likeness (QED) is 0.179. The summed E-state index contributed by atoms with van der Waals surface area (Å²) < 4.78 is 53.0. The van der Waals surface area contributed by atoms with Gasteiger partial charge in [0.15, 0.2) is 0 Å². The van der Waals surface area contributed by atoms with Gasteiger partial charge in [-0.15, -0.1) is 11.3 Å². The average molecular weight is 756 g/mol. The molecular formula is C37H40F2N3O8PS. The molecule has 2 aliphatic rings. The second-order valence-electron chi connectivity index (χ2n) is 14.1. The van der Waals surface area contributed by atoms with Crippen LogP contribution in [0.4, 0.5) is 8.78 Å². The third kappa shape index (κ3) is 7.91. The molecule has 0 radical (unpaired) electrons. The summed E-state index contributed by atoms with van der Waals surface area (Å²) in [6.07, 6.45) is -0.608. The number of morpholine rings is 1. The van der Waals surface area contributed by atoms with Gasteiger partial charge < -0.3 is 34.4 Å². The number of rotatable bonds is 9. The predicted molar refractivity (Wildman–Crippen MR) is 191 cm³/mol. The molecule has 3 amide bonds. The van der Waals surface area contributed by atoms with Crippen molar-refractivity contribution in [3.63, 3.8) is 0 Å². The van der Waals surface area contributed by atoms with E-state index in [-0.39, 0.29) is 35.2 Å². The minimum atomic E-state index is -5.80. The molecule has 0 spiro atoms. The summed E-state index contributed by atoms with van der Waals surface area (Å²) in [4.78, 5) is 64.3. The predicted octanol–water partition coefficient (Wildman–Crippen LogP) is 5.92. The van der Waals surface area contributed by atoms with Gasteiger partial charge in [-0.05, 0) is 46.7 Å². The number of carbonyl (C=O) groups excluding carboxylic acids is 3. The number of thiophene rings is 1. The van der Waals surface area contributed by atoms with Crippen LogP contribution in [-0.2, 0) is 24.6 Å². The van der Waals surface area contributed by atoms with Gasteiger partial charge >= 0.3 is 13.3 Å². The molecule has 276 valence electrons. The van der Waals surface area contributed by atoms with E-state index < -0.39 is 54.2 Å². The van der Waals surface area contributed by atoms with Crippen LogP contribution in [0, 0.1) is 5.41 Å². The molecule has 0 aliphatic carbocycles. The lowest BCUT2D eigenvalue weighted by Crippen LogP contribution is -2.58. The van der Waals surface area contributed by atoms with Crippen LogP contribution in [0.15, 0.2) is 84.9 Å². The number of hydrogen-bond donors (Lipinski definition) is 3. The molecular weight excluding hydrogens is 715 g/mol. The standard InChI is InChI=1S/C37H40F2N3O8PS/c1-36(2,3)32(40-33(43)31-19-24-18-25(14-15-30(24)52-31)37(38,39)51(46,47)48)35(45)42-21-27(50-26-12-8-5-9-13-26)20-28(42)34(44)41-16-17-49-29(22-41)23-10-6-4-7-11-23/h4-15,18-19,27-29,32H,16-17,20-22H2,1-3H3,(H,40,43)(H2,46,47,48)/t27-,28+,29+,32?/m1/s1. The van der Waals surface area contributed by atoms with Crippen molar-refractivity contribution in [3.8, 4) is 5.75 Å². The number of amides is 3. The fourth-order valence-electron chi connectivity index (χ4n) is 6.51. The summed E-state index contributed by atoms with van der Waals surface area (Å²) >= 11 is 0.984. The van der Waals surface area contributed by atoms with Crippen LogP contribution >= 0.6 is 18.9 Å². The number of ether oxygens (including phenoxy) is 2. The molecule has 11 nitrogen and oxygen atoms in total. The van der Waals surface area contributed by atoms with E-state index in [1.165, 1.54) is 17.0 Å². The molecule has 2 saturated heterocycles. The smallest absolute Gasteiger partial charge is 0.399 e. The minimum absolute atomic E-state index is 0.0957. The largest absolute Gasteiger partial charge is 0.488 e. The highest BCUT2D eigenvalue weighted by Gasteiger charge is 2.51. The van der Waals surface area contributed by atoms with Crippen LogP contribution in [0.3, 0.4) is 0 Å². The number of benzene rings is 3. The molecule has 6 rings (SSSR count). The Morgan fingerprint density at radius 3 is 2.31 bits per heavy atom. The number of likely N-dealkylation sites (tertiary alicyclic amines) is 1. The Morgan fingerprint density at radius 2 is 1.65 bits per heavy atom. The summed E-state index contributed by atoms with van der Waals surface area (Å²) in [6, 6.07) is 21.2. The molecule has 4 atom stereocenters. The van der Waals surface area contributed by atoms with Gasteiger partial charge in [-0.25, -0.2) is 0 Å². The highest BCUT2D eigenvalue weighted by atomic mass is 32.1. The van der Waals surface area contributed by atoms with Crippen molar-refractivity contribution in [3.05, 3.63) is 101 Å². The van der Waals surface area contributed by atoms with E-state index in [9.17, 15) is 37.5 Å². The number of nitrogens with one attached hydrogen (secondary N) is 1. The van der Waals surface area contributed by atoms with Gasteiger partial charge in [-0.3, -0.25) is 18.9 Å². The summed E-state index contributed by atoms with van der Waals surface area (Å²) in [5.74, 6) is -0.773. The molecule has 3 aromatic carbocycles. The number of hydrogen-bond acceptors (Lipinski definition) is 7. The molecule has 1 unspecified atom stereocenters. The number of nitrogens with zero attached hydrogens (tertiary/aromatic N) is 2. The summed E-state index contributed by atoms with van der Waals surface area (Å²) in [7, 11) is -5.80. The molecule has 3 N–H and O–H groups in total. The minimum Gasteiger partial charge on any atom is -0.488 e. The first-order valence-electron chi connectivity index (χ1n) is 16.8. The van der Waals surface area contributed by atoms with E-state index in [2.05, 4.69) is 5.32 Å². The molecule has 2 aliphatic heterocycles. The Hall–Kier alpha value is -4.20. The Bertz CT molecular complexity index is 1980. The molecule has 2 fully saturated rings. The molecule has 4 aromatic rings. The first-order valence-corrected chi connectivity index (χ1v) is 19.2. The van der Waals surface area contributed by atoms with Crippen molar-refractivity contribution < 1.29 is 47.0 Å². The van der Waals surface area contributed by atoms with Gasteiger partial charge in [0.05, 0.1) is 24.6 Å². The Morgan fingerprint density at radius 1 is 0.981 bits per heavy atom. The third-order valence-corrected chi connectivity index (χ3v) is 11.4. The van der Waals surface area contributed by atoms with E-state index >= 15 is 0 Å². The molecule has 3 heterocycles. The van der Waals surface area contributed by atoms with Crippen molar-refractivity contribution in [1.29, 1.82) is 0 Å². The van der Waals surface area contributed by atoms with E-state index in [1.807, 2.05) is 48.5 Å². The highest BCUT2D eigenvalue weighted by molar-refractivity contribution is 7.52. The zero-order valence-corrected chi connectivity index (χ0v) is 30.5. The molecule has 1 aromatic heterocycles. The van der Waals surface area contributed by atoms with Crippen molar-refractivity contribution in [2.45, 2.75) is 57.1 Å². The van der Waals surface area contributed by atoms with Crippen LogP contribution in [0.5, 0.6) is 5.75 Å². The maximum atomic E-state index is 14.6. The van der Waals surface area contributed by atoms with E-state index in [0.29, 0.717) is 30.1 Å². The van der Waals surface area contributed by atoms with Crippen LogP contribution in [0.25, 0.3) is 10.1 Å². The lowest BCUT2D eigenvalue weighted by atomic mass is 9.85. The van der Waals surface area contributed by atoms with Crippen LogP contribution in [0.2, 0.25) is 0 Å². The highest BCUT2D eigenvalue weighted by Crippen LogP contribution is 2.59. The fraction of sp³-hybridized carbons (Fsp3) is 0.378. The number of carbonyl (C=O) groups is 3. The van der Waals surface area contributed by atoms with Gasteiger partial charge in [-0.1, -0.05) is 75.4 Å². The van der Waals surface area contributed by atoms with E-state index in [0.717, 1.165) is 29.0 Å². The lowest BCUT2D eigenvalue weighted by Gasteiger charge is -2.38. The Balaban J connectivity index is 1.25. The van der Waals surface area contributed by atoms with E-state index in [4.69, 9.17) is 9.47 Å². The number of alkyl halides is 2. The maximum absolute atomic E-state index is 14.6. The zero-order valence-electron chi connectivity index (χ0n) is 28.8. The van der Waals surface area contributed by atoms with Crippen molar-refractivity contribution in [1.82, 2.24) is 15.1 Å². The lowest BCUT2D eigenvalue weighted by molar-refractivity contribution is -0.150. The van der Waals surface area contributed by atoms with Gasteiger partial charge in [-0.2, -0.15) is 8.78 Å². The first-order chi connectivity index (χ1) is 24.5. The topological polar surface area (TPSA) is 146 Å². The van der Waals surface area contributed by atoms with Gasteiger partial charge in [0, 0.05) is 23.2 Å². The summed E-state index contributed by atoms with van der Waals surface area (Å²) in [5.41, 5.74) is -5.18. The molecule has 15 heteroatoms. The molecule has 52 heavy (non-hydrogen) atoms. The number of para-hydroxylation sites is 1. The third-order valence-electron chi connectivity index (χ3n) is 9.27. The second kappa shape index (κ2) is 14.7. The van der Waals surface area contributed by atoms with Crippen molar-refractivity contribution in [2.24, 2.45) is 5.41 Å². The number of halogens is 2. The van der Waals surface area contributed by atoms with Gasteiger partial charge in [0.2, 0.25) is 11.8 Å². The molecule has 0 bridgehead atoms. The summed E-state index contributed by atoms with van der Waals surface area (Å²) in [5, 5.41) is 3.02. The van der Waals surface area contributed by atoms with Gasteiger partial charge in [0.25, 0.3) is 5.91 Å². The second-order valence-corrected chi connectivity index (χ2v) is 16.8. The van der Waals surface area contributed by atoms with E-state index in [1.54, 1.807) is 37.8 Å². The monoisotopic (exact) mass is 755 g/mol. The summed E-state index contributed by atoms with van der Waals surface area (Å²) in [6.45, 7) is 6.43. The normalized spacial score (nSPS) is 20.5. The number of fused-ring (bicyclic) bond motifs is 1. The van der Waals surface area contributed by atoms with Crippen molar-refractivity contribution in [2.75, 3.05) is 26.2 Å². The zero-order chi connectivity index (χ0) is 37.4. The Labute approximate surface area is 303 Å². The molecule has 0 saturated carbocycles. The first kappa shape index (κ1) is 37.6. The maximum Gasteiger partial charge on any atom is 0.399 e. The van der Waals surface area contributed by atoms with Crippen LogP contribution in [-0.4, -0.2) is 81.7 Å². The SMILES string of the molecule is CC(C)(C)C(NC(=O)c1cc2cc(C(F)(F)P(=O)(O)O)ccc2s1)C(=O)N1C[C@H](Oc2ccccc2)C[C@H]1C(=O)N1CCO[C@H](c2ccccc2)C1. The van der Waals surface area contributed by atoms with Gasteiger partial charge in [0.1, 0.15) is 30.0 Å².